The van der Waals surface area contributed by atoms with Crippen molar-refractivity contribution in [2.75, 3.05) is 0 Å². The average Bonchev–Trinajstić information content (AvgIpc) is 4.04. The molecule has 1 aliphatic heterocycles. The van der Waals surface area contributed by atoms with Crippen LogP contribution in [0.4, 0.5) is 87.8 Å². The van der Waals surface area contributed by atoms with Crippen LogP contribution in [0.15, 0.2) is 72.8 Å². The molecule has 10 aromatic rings. The zero-order valence-corrected chi connectivity index (χ0v) is 45.9. The number of hydrogen-bond donors (Lipinski definition) is 0. The van der Waals surface area contributed by atoms with E-state index in [2.05, 4.69) is 0 Å². The van der Waals surface area contributed by atoms with Crippen molar-refractivity contribution in [1.82, 2.24) is 0 Å². The summed E-state index contributed by atoms with van der Waals surface area (Å²) in [6, 6.07) is 14.3. The van der Waals surface area contributed by atoms with E-state index in [9.17, 15) is 17.6 Å². The first kappa shape index (κ1) is 57.1. The van der Waals surface area contributed by atoms with Gasteiger partial charge < -0.3 is 0 Å². The van der Waals surface area contributed by atoms with Gasteiger partial charge in [0.05, 0.1) is 0 Å². The molecular formula is C56H16F20S4Se2. The third-order valence-corrected chi connectivity index (χ3v) is 21.3. The third-order valence-electron chi connectivity index (χ3n) is 12.4. The fourth-order valence-corrected chi connectivity index (χ4v) is 17.9. The maximum atomic E-state index is 16.0. The number of fused-ring (bicyclic) bond motifs is 12. The van der Waals surface area contributed by atoms with Gasteiger partial charge in [-0.1, -0.05) is 0 Å². The van der Waals surface area contributed by atoms with Crippen LogP contribution in [0, 0.1) is 116 Å². The molecule has 0 fully saturated rings. The van der Waals surface area contributed by atoms with E-state index in [-0.39, 0.29) is 55.4 Å². The fraction of sp³-hybridized carbons (Fsp3) is 0. The Morgan fingerprint density at radius 3 is 0.524 bits per heavy atom. The van der Waals surface area contributed by atoms with E-state index in [4.69, 9.17) is 0 Å². The van der Waals surface area contributed by atoms with Crippen molar-refractivity contribution in [2.45, 2.75) is 0 Å². The summed E-state index contributed by atoms with van der Waals surface area (Å²) in [6.07, 6.45) is 5.27. The molecule has 0 nitrogen and oxygen atoms in total. The molecule has 6 aromatic heterocycles. The van der Waals surface area contributed by atoms with Gasteiger partial charge in [-0.05, 0) is 0 Å². The van der Waals surface area contributed by atoms with Crippen LogP contribution in [0.5, 0.6) is 0 Å². The molecule has 0 atom stereocenters. The van der Waals surface area contributed by atoms with E-state index in [1.54, 1.807) is 0 Å². The molecule has 0 saturated heterocycles. The molecule has 7 heterocycles. The quantitative estimate of drug-likeness (QED) is 0.0713. The Morgan fingerprint density at radius 1 is 0.195 bits per heavy atom. The zero-order valence-electron chi connectivity index (χ0n) is 39.2. The number of halogens is 20. The van der Waals surface area contributed by atoms with Crippen molar-refractivity contribution in [1.29, 1.82) is 0 Å². The molecule has 4 aromatic carbocycles. The van der Waals surface area contributed by atoms with E-state index >= 15 is 70.2 Å². The summed E-state index contributed by atoms with van der Waals surface area (Å²) < 4.78 is 306. The van der Waals surface area contributed by atoms with Gasteiger partial charge in [0, 0.05) is 0 Å². The molecule has 0 saturated carbocycles. The topological polar surface area (TPSA) is 0 Å². The zero-order chi connectivity index (χ0) is 58.7. The number of rotatable bonds is 4. The van der Waals surface area contributed by atoms with Gasteiger partial charge in [-0.25, -0.2) is 0 Å². The number of thiophene rings is 4. The second-order valence-corrected chi connectivity index (χ2v) is 26.1. The Labute approximate surface area is 472 Å². The second-order valence-electron chi connectivity index (χ2n) is 17.1. The van der Waals surface area contributed by atoms with Gasteiger partial charge in [0.2, 0.25) is 0 Å². The Balaban J connectivity index is 1.23. The van der Waals surface area contributed by atoms with Gasteiger partial charge in [-0.15, -0.1) is 0 Å². The number of benzene rings is 4. The van der Waals surface area contributed by atoms with Crippen LogP contribution in [0.25, 0.3) is 46.6 Å². The monoisotopic (exact) mass is 1360 g/mol. The SMILES string of the molecule is Fc1c(F)c(F)c(/C2=c3\cc/c([se]3)=C(\c3c(F)c(F)c(F)c(F)c3F)c3ccc(s3)/C=C\c3ccc(s3)/C(c3c(F)c(F)c(F)c(F)c3F)=c3/cc/c([se]3)=C(\c3c(F)c(F)c(F)c(F)c3F)c3ccc(s3)/C=C\c3ccc2s3)c(F)c1F. The first-order valence-electron chi connectivity index (χ1n) is 22.5. The molecule has 0 radical (unpaired) electrons. The van der Waals surface area contributed by atoms with E-state index < -0.39 is 190 Å². The Morgan fingerprint density at radius 2 is 0.354 bits per heavy atom. The van der Waals surface area contributed by atoms with Crippen molar-refractivity contribution < 1.29 is 87.8 Å². The summed E-state index contributed by atoms with van der Waals surface area (Å²) in [4.78, 5) is -0.251. The van der Waals surface area contributed by atoms with Gasteiger partial charge in [0.25, 0.3) is 0 Å². The molecule has 12 bridgehead atoms. The predicted molar refractivity (Wildman–Crippen MR) is 272 cm³/mol. The van der Waals surface area contributed by atoms with Crippen molar-refractivity contribution >= 4 is 121 Å². The van der Waals surface area contributed by atoms with E-state index in [1.807, 2.05) is 0 Å². The van der Waals surface area contributed by atoms with Gasteiger partial charge in [-0.2, -0.15) is 0 Å². The van der Waals surface area contributed by atoms with Crippen LogP contribution >= 0.6 is 45.3 Å². The summed E-state index contributed by atoms with van der Waals surface area (Å²) in [5.41, 5.74) is -8.42. The van der Waals surface area contributed by atoms with Crippen molar-refractivity contribution in [3.63, 3.8) is 0 Å². The standard InChI is InChI=1S/C56H16F20S4Se2/c57-37-33(38(58)46(66)53(73)45(37)65)29-21-9-5-17(77-21)1-2-18-6-10-22(78-18)30(34-39(59)47(67)54(74)48(68)40(34)60)26-15-16-28(82-26)32(36-43(63)51(71)56(76)52(72)44(36)64)24-12-8-20(80-24)4-3-19-7-11-23(79-19)31(27-14-13-25(29)81-27)35-41(61)49(69)55(75)50(70)42(35)62/h1-16H/b2-1-,4-3-,17-1?,18-2?,19-3?,20-4?,29-21?,29-25+,30-22?,30-26+,31-23?,31-27+,32-24?,32-28+. The molecule has 82 heavy (non-hydrogen) atoms. The van der Waals surface area contributed by atoms with Crippen LogP contribution in [-0.4, -0.2) is 29.0 Å². The van der Waals surface area contributed by atoms with E-state index in [0.717, 1.165) is 24.3 Å². The maximum absolute atomic E-state index is 16.0. The molecule has 0 spiro atoms. The molecule has 0 aliphatic carbocycles. The van der Waals surface area contributed by atoms with E-state index in [1.165, 1.54) is 72.8 Å². The minimum absolute atomic E-state index is 0.146. The second kappa shape index (κ2) is 21.8. The van der Waals surface area contributed by atoms with Gasteiger partial charge >= 0.3 is 476 Å². The molecular weight excluding hydrogens is 1340 g/mol. The summed E-state index contributed by atoms with van der Waals surface area (Å²) in [5, 5.41) is 0. The van der Waals surface area contributed by atoms with Crippen LogP contribution in [0.1, 0.15) is 61.3 Å². The van der Waals surface area contributed by atoms with Crippen LogP contribution in [0.2, 0.25) is 0 Å². The van der Waals surface area contributed by atoms with Crippen LogP contribution in [-0.2, 0) is 0 Å². The first-order chi connectivity index (χ1) is 39.0. The first-order valence-corrected chi connectivity index (χ1v) is 29.2. The third kappa shape index (κ3) is 9.44. The molecule has 11 rings (SSSR count). The molecule has 26 heteroatoms. The average molecular weight is 1350 g/mol. The molecule has 0 unspecified atom stereocenters. The van der Waals surface area contributed by atoms with Crippen LogP contribution in [0.3, 0.4) is 0 Å². The van der Waals surface area contributed by atoms with E-state index in [0.29, 0.717) is 45.3 Å². The molecule has 0 N–H and O–H groups in total. The van der Waals surface area contributed by atoms with Crippen molar-refractivity contribution in [2.24, 2.45) is 0 Å². The molecule has 1 aliphatic rings. The van der Waals surface area contributed by atoms with Crippen molar-refractivity contribution in [3.8, 4) is 0 Å². The summed E-state index contributed by atoms with van der Waals surface area (Å²) in [5.74, 6) is -47.5. The Hall–Kier alpha value is -6.76. The summed E-state index contributed by atoms with van der Waals surface area (Å²) in [7, 11) is 0. The predicted octanol–water partition coefficient (Wildman–Crippen LogP) is 14.5. The minimum atomic E-state index is -2.52. The van der Waals surface area contributed by atoms with Crippen LogP contribution < -0.4 is 16.4 Å². The molecule has 416 valence electrons. The van der Waals surface area contributed by atoms with Gasteiger partial charge in [-0.3, -0.25) is 0 Å². The summed E-state index contributed by atoms with van der Waals surface area (Å²) in [6.45, 7) is 0. The Kier molecular flexibility index (Phi) is 15.2. The Bertz CT molecular complexity index is 4020. The number of hydrogen-bond acceptors (Lipinski definition) is 4. The fourth-order valence-electron chi connectivity index (χ4n) is 8.62. The summed E-state index contributed by atoms with van der Waals surface area (Å²) >= 11 is -0.461. The van der Waals surface area contributed by atoms with Gasteiger partial charge in [0.1, 0.15) is 0 Å². The van der Waals surface area contributed by atoms with Gasteiger partial charge in [0.15, 0.2) is 0 Å². The molecule has 0 amide bonds. The normalized spacial score (nSPS) is 16.3. The van der Waals surface area contributed by atoms with Crippen molar-refractivity contribution in [3.05, 3.63) is 267 Å².